The predicted octanol–water partition coefficient (Wildman–Crippen LogP) is 1.93. The number of anilines is 1. The van der Waals surface area contributed by atoms with Crippen LogP contribution in [-0.2, 0) is 9.59 Å². The Hall–Kier alpha value is -2.62. The van der Waals surface area contributed by atoms with Crippen molar-refractivity contribution in [3.05, 3.63) is 28.3 Å². The molecule has 2 rings (SSSR count). The molecule has 1 aromatic rings. The van der Waals surface area contributed by atoms with Crippen LogP contribution in [0.2, 0.25) is 0 Å². The van der Waals surface area contributed by atoms with Gasteiger partial charge in [0, 0.05) is 25.1 Å². The lowest BCUT2D eigenvalue weighted by Gasteiger charge is -2.11. The number of carbonyl (C=O) groups is 2. The molecule has 0 saturated carbocycles. The van der Waals surface area contributed by atoms with E-state index in [-0.39, 0.29) is 23.7 Å². The average molecular weight is 366 g/mol. The Bertz CT molecular complexity index is 722. The Morgan fingerprint density at radius 3 is 2.92 bits per heavy atom. The Morgan fingerprint density at radius 1 is 1.52 bits per heavy atom. The van der Waals surface area contributed by atoms with E-state index in [1.54, 1.807) is 0 Å². The van der Waals surface area contributed by atoms with Gasteiger partial charge in [0.1, 0.15) is 11.0 Å². The highest BCUT2D eigenvalue weighted by molar-refractivity contribution is 8.15. The summed E-state index contributed by atoms with van der Waals surface area (Å²) in [4.78, 5) is 38.6. The minimum atomic E-state index is -0.583. The van der Waals surface area contributed by atoms with Gasteiger partial charge in [0.15, 0.2) is 5.17 Å². The first-order valence-electron chi connectivity index (χ1n) is 7.58. The predicted molar refractivity (Wildman–Crippen MR) is 95.0 cm³/mol. The van der Waals surface area contributed by atoms with E-state index in [0.717, 1.165) is 6.42 Å². The van der Waals surface area contributed by atoms with Crippen molar-refractivity contribution in [2.45, 2.75) is 25.0 Å². The van der Waals surface area contributed by atoms with Crippen LogP contribution in [0.15, 0.2) is 23.2 Å². The van der Waals surface area contributed by atoms with Crippen LogP contribution in [0.3, 0.4) is 0 Å². The third-order valence-corrected chi connectivity index (χ3v) is 4.41. The molecule has 9 nitrogen and oxygen atoms in total. The minimum absolute atomic E-state index is 0.0759. The van der Waals surface area contributed by atoms with E-state index in [1.165, 1.54) is 37.1 Å². The van der Waals surface area contributed by atoms with Crippen molar-refractivity contribution in [2.24, 2.45) is 4.99 Å². The first kappa shape index (κ1) is 18.7. The molecule has 10 heteroatoms. The number of carbonyl (C=O) groups excluding carboxylic acids is 2. The van der Waals surface area contributed by atoms with Crippen LogP contribution in [-0.4, -0.2) is 40.8 Å². The number of nitro groups is 1. The number of hydrogen-bond acceptors (Lipinski definition) is 7. The summed E-state index contributed by atoms with van der Waals surface area (Å²) in [6, 6.07) is 3.90. The molecule has 0 radical (unpaired) electrons. The van der Waals surface area contributed by atoms with Gasteiger partial charge in [-0.15, -0.1) is 0 Å². The molecule has 1 aliphatic heterocycles. The van der Waals surface area contributed by atoms with E-state index in [9.17, 15) is 19.7 Å². The molecule has 1 atom stereocenters. The third-order valence-electron chi connectivity index (χ3n) is 3.29. The molecule has 0 aliphatic carbocycles. The van der Waals surface area contributed by atoms with Crippen molar-refractivity contribution in [1.29, 1.82) is 0 Å². The topological polar surface area (TPSA) is 123 Å². The summed E-state index contributed by atoms with van der Waals surface area (Å²) in [6.45, 7) is 2.58. The van der Waals surface area contributed by atoms with Gasteiger partial charge in [-0.05, 0) is 12.5 Å². The summed E-state index contributed by atoms with van der Waals surface area (Å²) in [5.74, 6) is -0.420. The maximum atomic E-state index is 12.2. The van der Waals surface area contributed by atoms with Crippen LogP contribution in [0.5, 0.6) is 5.75 Å². The maximum Gasteiger partial charge on any atom is 0.271 e. The van der Waals surface area contributed by atoms with E-state index in [2.05, 4.69) is 15.6 Å². The van der Waals surface area contributed by atoms with Crippen LogP contribution < -0.4 is 15.4 Å². The zero-order chi connectivity index (χ0) is 18.4. The number of aliphatic imine (C=N–C) groups is 1. The van der Waals surface area contributed by atoms with Gasteiger partial charge in [0.05, 0.1) is 17.7 Å². The lowest BCUT2D eigenvalue weighted by atomic mass is 10.2. The summed E-state index contributed by atoms with van der Waals surface area (Å²) in [5, 5.41) is 16.0. The van der Waals surface area contributed by atoms with E-state index in [1.807, 2.05) is 6.92 Å². The van der Waals surface area contributed by atoms with Crippen molar-refractivity contribution in [1.82, 2.24) is 5.32 Å². The number of nitro benzene ring substituents is 1. The van der Waals surface area contributed by atoms with Crippen LogP contribution in [0, 0.1) is 10.1 Å². The number of hydrogen-bond donors (Lipinski definition) is 2. The number of nitrogens with zero attached hydrogens (tertiary/aromatic N) is 2. The smallest absolute Gasteiger partial charge is 0.271 e. The normalized spacial score (nSPS) is 18.1. The van der Waals surface area contributed by atoms with Gasteiger partial charge in [0.25, 0.3) is 5.69 Å². The fourth-order valence-corrected chi connectivity index (χ4v) is 3.10. The molecule has 1 saturated heterocycles. The van der Waals surface area contributed by atoms with Gasteiger partial charge in [0.2, 0.25) is 11.8 Å². The number of nitrogens with one attached hydrogen (secondary N) is 2. The second-order valence-electron chi connectivity index (χ2n) is 5.18. The molecule has 2 N–H and O–H groups in total. The molecule has 25 heavy (non-hydrogen) atoms. The van der Waals surface area contributed by atoms with E-state index < -0.39 is 16.1 Å². The Balaban J connectivity index is 2.04. The zero-order valence-corrected chi connectivity index (χ0v) is 14.6. The van der Waals surface area contributed by atoms with Gasteiger partial charge in [-0.25, -0.2) is 0 Å². The van der Waals surface area contributed by atoms with Crippen molar-refractivity contribution < 1.29 is 19.2 Å². The molecule has 1 heterocycles. The number of thioether (sulfide) groups is 1. The van der Waals surface area contributed by atoms with Gasteiger partial charge in [-0.3, -0.25) is 24.7 Å². The number of rotatable bonds is 7. The number of methoxy groups -OCH3 is 1. The Morgan fingerprint density at radius 2 is 2.28 bits per heavy atom. The highest BCUT2D eigenvalue weighted by Crippen LogP contribution is 2.30. The number of non-ortho nitro benzene ring substituents is 1. The highest BCUT2D eigenvalue weighted by atomic mass is 32.2. The van der Waals surface area contributed by atoms with Crippen molar-refractivity contribution >= 4 is 40.1 Å². The average Bonchev–Trinajstić information content (AvgIpc) is 2.92. The summed E-state index contributed by atoms with van der Waals surface area (Å²) in [5.41, 5.74) is 0.0167. The van der Waals surface area contributed by atoms with Gasteiger partial charge >= 0.3 is 0 Å². The molecule has 0 bridgehead atoms. The fraction of sp³-hybridized carbons (Fsp3) is 0.400. The lowest BCUT2D eigenvalue weighted by Crippen LogP contribution is -2.28. The molecular formula is C15H18N4O5S. The first-order chi connectivity index (χ1) is 11.9. The second-order valence-corrected chi connectivity index (χ2v) is 6.37. The van der Waals surface area contributed by atoms with Crippen molar-refractivity contribution in [3.63, 3.8) is 0 Å². The SMILES string of the molecule is CCCN=C1NC(=O)[C@H](CC(=O)Nc2cc([N+](=O)[O-])ccc2OC)S1. The summed E-state index contributed by atoms with van der Waals surface area (Å²) < 4.78 is 5.09. The van der Waals surface area contributed by atoms with Crippen LogP contribution in [0.1, 0.15) is 19.8 Å². The van der Waals surface area contributed by atoms with Gasteiger partial charge in [-0.2, -0.15) is 0 Å². The lowest BCUT2D eigenvalue weighted by molar-refractivity contribution is -0.384. The molecule has 0 unspecified atom stereocenters. The zero-order valence-electron chi connectivity index (χ0n) is 13.8. The molecule has 1 aliphatic rings. The summed E-state index contributed by atoms with van der Waals surface area (Å²) in [6.07, 6.45) is 0.783. The standard InChI is InChI=1S/C15H18N4O5S/c1-3-6-16-15-18-14(21)12(25-15)8-13(20)17-10-7-9(19(22)23)4-5-11(10)24-2/h4-5,7,12H,3,6,8H2,1-2H3,(H,17,20)(H,16,18,21)/t12-/m0/s1. The molecular weight excluding hydrogens is 348 g/mol. The minimum Gasteiger partial charge on any atom is -0.495 e. The molecule has 1 aromatic carbocycles. The third kappa shape index (κ3) is 4.92. The second kappa shape index (κ2) is 8.47. The Kier molecular flexibility index (Phi) is 6.34. The number of benzene rings is 1. The summed E-state index contributed by atoms with van der Waals surface area (Å²) in [7, 11) is 1.40. The highest BCUT2D eigenvalue weighted by Gasteiger charge is 2.32. The molecule has 0 aromatic heterocycles. The van der Waals surface area contributed by atoms with Crippen molar-refractivity contribution in [2.75, 3.05) is 19.0 Å². The molecule has 134 valence electrons. The Labute approximate surface area is 148 Å². The van der Waals surface area contributed by atoms with Crippen molar-refractivity contribution in [3.8, 4) is 5.75 Å². The van der Waals surface area contributed by atoms with Crippen LogP contribution in [0.25, 0.3) is 0 Å². The first-order valence-corrected chi connectivity index (χ1v) is 8.46. The monoisotopic (exact) mass is 366 g/mol. The van der Waals surface area contributed by atoms with E-state index >= 15 is 0 Å². The number of amidine groups is 1. The van der Waals surface area contributed by atoms with E-state index in [4.69, 9.17) is 4.74 Å². The summed E-state index contributed by atoms with van der Waals surface area (Å²) >= 11 is 1.20. The fourth-order valence-electron chi connectivity index (χ4n) is 2.10. The maximum absolute atomic E-state index is 12.2. The van der Waals surface area contributed by atoms with Crippen LogP contribution in [0.4, 0.5) is 11.4 Å². The number of ether oxygens (including phenoxy) is 1. The van der Waals surface area contributed by atoms with Gasteiger partial charge < -0.3 is 15.4 Å². The molecule has 0 spiro atoms. The van der Waals surface area contributed by atoms with E-state index in [0.29, 0.717) is 17.5 Å². The molecule has 2 amide bonds. The van der Waals surface area contributed by atoms with Crippen LogP contribution >= 0.6 is 11.8 Å². The largest absolute Gasteiger partial charge is 0.495 e. The molecule has 1 fully saturated rings. The number of amides is 2. The quantitative estimate of drug-likeness (QED) is 0.561. The van der Waals surface area contributed by atoms with Gasteiger partial charge in [-0.1, -0.05) is 18.7 Å².